The lowest BCUT2D eigenvalue weighted by Crippen LogP contribution is -2.26. The molecule has 0 aromatic rings. The van der Waals surface area contributed by atoms with Crippen LogP contribution in [0.1, 0.15) is 0 Å². The summed E-state index contributed by atoms with van der Waals surface area (Å²) < 4.78 is 14.4. The van der Waals surface area contributed by atoms with E-state index in [0.29, 0.717) is 13.2 Å². The minimum absolute atomic E-state index is 0.0137. The van der Waals surface area contributed by atoms with Gasteiger partial charge in [-0.2, -0.15) is 0 Å². The predicted molar refractivity (Wildman–Crippen MR) is 45.0 cm³/mol. The van der Waals surface area contributed by atoms with Crippen molar-refractivity contribution in [1.82, 2.24) is 5.32 Å². The highest BCUT2D eigenvalue weighted by Gasteiger charge is 2.17. The maximum Gasteiger partial charge on any atom is 0.377 e. The highest BCUT2D eigenvalue weighted by molar-refractivity contribution is 5.88. The molecule has 0 radical (unpaired) electrons. The van der Waals surface area contributed by atoms with E-state index in [9.17, 15) is 9.59 Å². The van der Waals surface area contributed by atoms with Gasteiger partial charge in [-0.05, 0) is 0 Å². The normalized spacial score (nSPS) is 14.5. The highest BCUT2D eigenvalue weighted by atomic mass is 16.6. The molecule has 6 heteroatoms. The minimum atomic E-state index is -0.701. The van der Waals surface area contributed by atoms with Crippen LogP contribution in [0.3, 0.4) is 0 Å². The van der Waals surface area contributed by atoms with Crippen molar-refractivity contribution in [2.45, 2.75) is 0 Å². The molecule has 0 aliphatic carbocycles. The molecular formula is C8H11NO5. The lowest BCUT2D eigenvalue weighted by Gasteiger charge is -2.13. The Balaban J connectivity index is 2.34. The summed E-state index contributed by atoms with van der Waals surface area (Å²) in [6.45, 7) is 0.392. The number of ether oxygens (including phenoxy) is 3. The number of hydrogen-bond donors (Lipinski definition) is 1. The molecule has 78 valence electrons. The molecular weight excluding hydrogens is 190 g/mol. The monoisotopic (exact) mass is 201 g/mol. The summed E-state index contributed by atoms with van der Waals surface area (Å²) in [7, 11) is 1.45. The number of nitrogens with one attached hydrogen (secondary N) is 1. The first kappa shape index (κ1) is 10.4. The molecule has 1 N–H and O–H groups in total. The Morgan fingerprint density at radius 2 is 2.36 bits per heavy atom. The molecule has 0 saturated carbocycles. The molecule has 0 spiro atoms. The lowest BCUT2D eigenvalue weighted by molar-refractivity contribution is -0.149. The van der Waals surface area contributed by atoms with Gasteiger partial charge in [0.1, 0.15) is 19.5 Å². The maximum absolute atomic E-state index is 11.1. The molecule has 0 aromatic heterocycles. The van der Waals surface area contributed by atoms with Gasteiger partial charge in [0, 0.05) is 7.05 Å². The van der Waals surface area contributed by atoms with E-state index in [0.717, 1.165) is 0 Å². The van der Waals surface area contributed by atoms with E-state index in [1.807, 2.05) is 0 Å². The van der Waals surface area contributed by atoms with Crippen molar-refractivity contribution in [2.75, 3.05) is 26.9 Å². The van der Waals surface area contributed by atoms with Crippen LogP contribution in [0.25, 0.3) is 0 Å². The van der Waals surface area contributed by atoms with Crippen molar-refractivity contribution >= 4 is 11.9 Å². The molecule has 0 aromatic carbocycles. The molecule has 1 amide bonds. The molecule has 1 rings (SSSR count). The zero-order chi connectivity index (χ0) is 10.4. The second-order valence-corrected chi connectivity index (χ2v) is 2.45. The zero-order valence-electron chi connectivity index (χ0n) is 7.74. The number of carbonyl (C=O) groups excluding carboxylic acids is 2. The third kappa shape index (κ3) is 2.96. The Labute approximate surface area is 80.8 Å². The largest absolute Gasteiger partial charge is 0.493 e. The summed E-state index contributed by atoms with van der Waals surface area (Å²) in [4.78, 5) is 21.9. The van der Waals surface area contributed by atoms with Crippen molar-refractivity contribution in [1.29, 1.82) is 0 Å². The molecule has 0 fully saturated rings. The first-order chi connectivity index (χ1) is 6.74. The van der Waals surface area contributed by atoms with E-state index >= 15 is 0 Å². The number of esters is 1. The molecule has 0 bridgehead atoms. The Morgan fingerprint density at radius 1 is 1.57 bits per heavy atom. The zero-order valence-corrected chi connectivity index (χ0v) is 7.74. The van der Waals surface area contributed by atoms with Crippen molar-refractivity contribution in [3.63, 3.8) is 0 Å². The van der Waals surface area contributed by atoms with E-state index in [1.165, 1.54) is 13.3 Å². The maximum atomic E-state index is 11.1. The van der Waals surface area contributed by atoms with Crippen molar-refractivity contribution in [2.24, 2.45) is 0 Å². The average Bonchev–Trinajstić information content (AvgIpc) is 2.26. The summed E-state index contributed by atoms with van der Waals surface area (Å²) in [5.74, 6) is -1.09. The number of carbonyl (C=O) groups is 2. The third-order valence-electron chi connectivity index (χ3n) is 1.46. The second kappa shape index (κ2) is 5.11. The average molecular weight is 201 g/mol. The van der Waals surface area contributed by atoms with Gasteiger partial charge in [-0.25, -0.2) is 4.79 Å². The Kier molecular flexibility index (Phi) is 3.78. The van der Waals surface area contributed by atoms with E-state index in [1.54, 1.807) is 0 Å². The summed E-state index contributed by atoms with van der Waals surface area (Å²) >= 11 is 0. The van der Waals surface area contributed by atoms with Crippen LogP contribution in [0.2, 0.25) is 0 Å². The van der Waals surface area contributed by atoms with E-state index in [-0.39, 0.29) is 18.3 Å². The predicted octanol–water partition coefficient (Wildman–Crippen LogP) is -0.836. The fourth-order valence-electron chi connectivity index (χ4n) is 0.750. The fourth-order valence-corrected chi connectivity index (χ4v) is 0.750. The lowest BCUT2D eigenvalue weighted by atomic mass is 10.5. The molecule has 0 saturated heterocycles. The molecule has 14 heavy (non-hydrogen) atoms. The smallest absolute Gasteiger partial charge is 0.377 e. The molecule has 0 atom stereocenters. The number of hydrogen-bond acceptors (Lipinski definition) is 5. The van der Waals surface area contributed by atoms with Crippen LogP contribution in [-0.2, 0) is 23.8 Å². The third-order valence-corrected chi connectivity index (χ3v) is 1.46. The summed E-state index contributed by atoms with van der Waals surface area (Å²) in [6.07, 6.45) is 1.18. The van der Waals surface area contributed by atoms with Gasteiger partial charge in [0.25, 0.3) is 5.91 Å². The molecule has 1 aliphatic rings. The van der Waals surface area contributed by atoms with Crippen LogP contribution in [-0.4, -0.2) is 38.7 Å². The Morgan fingerprint density at radius 3 is 2.93 bits per heavy atom. The van der Waals surface area contributed by atoms with E-state index < -0.39 is 5.97 Å². The van der Waals surface area contributed by atoms with Crippen LogP contribution < -0.4 is 5.32 Å². The van der Waals surface area contributed by atoms with E-state index in [4.69, 9.17) is 9.47 Å². The van der Waals surface area contributed by atoms with Crippen molar-refractivity contribution < 1.29 is 23.8 Å². The second-order valence-electron chi connectivity index (χ2n) is 2.45. The Bertz CT molecular complexity index is 260. The van der Waals surface area contributed by atoms with Gasteiger partial charge in [-0.15, -0.1) is 0 Å². The van der Waals surface area contributed by atoms with Gasteiger partial charge >= 0.3 is 5.97 Å². The summed E-state index contributed by atoms with van der Waals surface area (Å²) in [6, 6.07) is 0. The summed E-state index contributed by atoms with van der Waals surface area (Å²) in [5.41, 5.74) is 0. The molecule has 6 nitrogen and oxygen atoms in total. The quantitative estimate of drug-likeness (QED) is 0.603. The van der Waals surface area contributed by atoms with Gasteiger partial charge < -0.3 is 19.5 Å². The number of amides is 1. The van der Waals surface area contributed by atoms with Crippen LogP contribution in [0.15, 0.2) is 12.0 Å². The fraction of sp³-hybridized carbons (Fsp3) is 0.500. The van der Waals surface area contributed by atoms with Gasteiger partial charge in [-0.3, -0.25) is 4.79 Å². The Hall–Kier alpha value is -1.72. The van der Waals surface area contributed by atoms with Gasteiger partial charge in [-0.1, -0.05) is 0 Å². The van der Waals surface area contributed by atoms with Crippen LogP contribution >= 0.6 is 0 Å². The van der Waals surface area contributed by atoms with Crippen molar-refractivity contribution in [3.8, 4) is 0 Å². The van der Waals surface area contributed by atoms with Gasteiger partial charge in [0.2, 0.25) is 5.76 Å². The molecule has 1 aliphatic heterocycles. The molecule has 0 unspecified atom stereocenters. The first-order valence-electron chi connectivity index (χ1n) is 4.06. The number of likely N-dealkylation sites (N-methyl/N-ethyl adjacent to an activating group) is 1. The summed E-state index contributed by atoms with van der Waals surface area (Å²) in [5, 5.41) is 2.32. The standard InChI is InChI=1S/C8H11NO5/c1-9-7(10)5-14-8(11)6-4-12-2-3-13-6/h4H,2-3,5H2,1H3,(H,9,10). The topological polar surface area (TPSA) is 73.9 Å². The van der Waals surface area contributed by atoms with Crippen molar-refractivity contribution in [3.05, 3.63) is 12.0 Å². The molecule has 1 heterocycles. The number of rotatable bonds is 3. The minimum Gasteiger partial charge on any atom is -0.493 e. The van der Waals surface area contributed by atoms with Gasteiger partial charge in [0.05, 0.1) is 0 Å². The SMILES string of the molecule is CNC(=O)COC(=O)C1=COCCO1. The van der Waals surface area contributed by atoms with Crippen LogP contribution in [0, 0.1) is 0 Å². The van der Waals surface area contributed by atoms with Crippen LogP contribution in [0.4, 0.5) is 0 Å². The first-order valence-corrected chi connectivity index (χ1v) is 4.06. The van der Waals surface area contributed by atoms with Crippen LogP contribution in [0.5, 0.6) is 0 Å². The van der Waals surface area contributed by atoms with Gasteiger partial charge in [0.15, 0.2) is 6.61 Å². The highest BCUT2D eigenvalue weighted by Crippen LogP contribution is 2.05. The van der Waals surface area contributed by atoms with E-state index in [2.05, 4.69) is 10.1 Å².